The van der Waals surface area contributed by atoms with Crippen LogP contribution in [-0.2, 0) is 5.41 Å². The van der Waals surface area contributed by atoms with Crippen molar-refractivity contribution in [3.8, 4) is 39.1 Å². The van der Waals surface area contributed by atoms with Crippen molar-refractivity contribution < 1.29 is 4.42 Å². The van der Waals surface area contributed by atoms with Gasteiger partial charge in [-0.1, -0.05) is 172 Å². The fourth-order valence-corrected chi connectivity index (χ4v) is 10.9. The fraction of sp³-hybridized carbons (Fsp3) is 0.0492. The third-order valence-electron chi connectivity index (χ3n) is 13.8. The number of nitrogens with zero attached hydrogens (tertiary/aromatic N) is 2. The van der Waals surface area contributed by atoms with Crippen molar-refractivity contribution >= 4 is 71.6 Å². The predicted octanol–water partition coefficient (Wildman–Crippen LogP) is 16.9. The second kappa shape index (κ2) is 13.9. The van der Waals surface area contributed by atoms with Crippen LogP contribution < -0.4 is 4.90 Å². The number of hydrogen-bond acceptors (Lipinski definition) is 2. The highest BCUT2D eigenvalue weighted by molar-refractivity contribution is 6.16. The third kappa shape index (κ3) is 5.34. The maximum atomic E-state index is 6.59. The van der Waals surface area contributed by atoms with E-state index < -0.39 is 0 Å². The molecule has 0 spiro atoms. The zero-order valence-corrected chi connectivity index (χ0v) is 35.6. The molecule has 3 heteroatoms. The van der Waals surface area contributed by atoms with Gasteiger partial charge in [0.2, 0.25) is 0 Å². The maximum Gasteiger partial charge on any atom is 0.143 e. The van der Waals surface area contributed by atoms with Crippen LogP contribution in [0.2, 0.25) is 0 Å². The molecule has 2 heterocycles. The molecule has 0 radical (unpaired) electrons. The molecule has 0 aliphatic heterocycles. The Morgan fingerprint density at radius 2 is 1.03 bits per heavy atom. The van der Waals surface area contributed by atoms with Crippen molar-refractivity contribution in [1.82, 2.24) is 4.57 Å². The summed E-state index contributed by atoms with van der Waals surface area (Å²) in [5, 5.41) is 7.00. The first-order valence-corrected chi connectivity index (χ1v) is 22.2. The molecule has 10 aromatic carbocycles. The minimum atomic E-state index is -0.123. The lowest BCUT2D eigenvalue weighted by Crippen LogP contribution is -2.16. The monoisotopic (exact) mass is 818 g/mol. The quantitative estimate of drug-likeness (QED) is 0.167. The molecule has 3 nitrogen and oxygen atoms in total. The van der Waals surface area contributed by atoms with Gasteiger partial charge in [0.1, 0.15) is 11.2 Å². The zero-order chi connectivity index (χ0) is 42.5. The summed E-state index contributed by atoms with van der Waals surface area (Å²) in [4.78, 5) is 2.46. The smallest absolute Gasteiger partial charge is 0.143 e. The molecule has 12 aromatic rings. The highest BCUT2D eigenvalue weighted by Gasteiger charge is 2.37. The van der Waals surface area contributed by atoms with Crippen LogP contribution in [0.5, 0.6) is 0 Å². The molecular weight excluding hydrogens is 777 g/mol. The predicted molar refractivity (Wildman–Crippen MR) is 269 cm³/mol. The minimum absolute atomic E-state index is 0.123. The molecule has 0 atom stereocenters. The van der Waals surface area contributed by atoms with Gasteiger partial charge in [0.25, 0.3) is 0 Å². The summed E-state index contributed by atoms with van der Waals surface area (Å²) < 4.78 is 9.03. The van der Waals surface area contributed by atoms with Crippen LogP contribution in [0.25, 0.3) is 93.6 Å². The Kier molecular flexibility index (Phi) is 7.95. The van der Waals surface area contributed by atoms with Gasteiger partial charge in [-0.25, -0.2) is 0 Å². The second-order valence-corrected chi connectivity index (χ2v) is 17.6. The van der Waals surface area contributed by atoms with Crippen molar-refractivity contribution in [2.45, 2.75) is 19.3 Å². The number of aromatic nitrogens is 1. The minimum Gasteiger partial charge on any atom is -0.455 e. The van der Waals surface area contributed by atoms with Crippen molar-refractivity contribution in [3.05, 3.63) is 230 Å². The molecular formula is C61H42N2O. The number of hydrogen-bond donors (Lipinski definition) is 0. The Balaban J connectivity index is 1.02. The van der Waals surface area contributed by atoms with Crippen LogP contribution in [0.3, 0.4) is 0 Å². The highest BCUT2D eigenvalue weighted by atomic mass is 16.3. The van der Waals surface area contributed by atoms with E-state index in [0.29, 0.717) is 0 Å². The number of rotatable bonds is 6. The van der Waals surface area contributed by atoms with Gasteiger partial charge in [0.05, 0.1) is 28.1 Å². The van der Waals surface area contributed by atoms with Gasteiger partial charge in [-0.3, -0.25) is 0 Å². The Bertz CT molecular complexity index is 3770. The number of fused-ring (bicyclic) bond motifs is 11. The van der Waals surface area contributed by atoms with Gasteiger partial charge < -0.3 is 13.9 Å². The van der Waals surface area contributed by atoms with Crippen LogP contribution in [0.1, 0.15) is 25.0 Å². The molecule has 2 aromatic heterocycles. The van der Waals surface area contributed by atoms with Crippen LogP contribution in [-0.4, -0.2) is 4.57 Å². The van der Waals surface area contributed by atoms with Gasteiger partial charge in [0.15, 0.2) is 0 Å². The topological polar surface area (TPSA) is 21.3 Å². The molecule has 0 saturated carbocycles. The van der Waals surface area contributed by atoms with Gasteiger partial charge in [0, 0.05) is 43.6 Å². The second-order valence-electron chi connectivity index (χ2n) is 17.6. The van der Waals surface area contributed by atoms with E-state index in [1.54, 1.807) is 0 Å². The van der Waals surface area contributed by atoms with E-state index in [4.69, 9.17) is 4.42 Å². The Morgan fingerprint density at radius 3 is 1.83 bits per heavy atom. The van der Waals surface area contributed by atoms with E-state index in [9.17, 15) is 0 Å². The fourth-order valence-electron chi connectivity index (χ4n) is 10.9. The van der Waals surface area contributed by atoms with E-state index in [0.717, 1.165) is 61.2 Å². The SMILES string of the molecule is CC1(C)c2ccccc2-c2cccc(-c3ccc(N(c4ccccc4-c4ccc5oc6c7ccccc7ccc6c5c4)c4ccccc4-n4c5ccccc5c5ccccc54)cc3)c21. The zero-order valence-electron chi connectivity index (χ0n) is 35.6. The molecule has 1 aliphatic carbocycles. The maximum absolute atomic E-state index is 6.59. The van der Waals surface area contributed by atoms with Gasteiger partial charge in [-0.05, 0) is 105 Å². The van der Waals surface area contributed by atoms with Crippen LogP contribution >= 0.6 is 0 Å². The number of benzene rings is 10. The van der Waals surface area contributed by atoms with Crippen molar-refractivity contribution in [2.24, 2.45) is 0 Å². The average molecular weight is 819 g/mol. The molecule has 64 heavy (non-hydrogen) atoms. The lowest BCUT2D eigenvalue weighted by atomic mass is 9.79. The summed E-state index contributed by atoms with van der Waals surface area (Å²) in [6.07, 6.45) is 0. The molecule has 0 unspecified atom stereocenters. The first-order chi connectivity index (χ1) is 31.5. The number of furan rings is 1. The summed E-state index contributed by atoms with van der Waals surface area (Å²) in [5.74, 6) is 0. The molecule has 0 fully saturated rings. The lowest BCUT2D eigenvalue weighted by molar-refractivity contribution is 0.662. The average Bonchev–Trinajstić information content (AvgIpc) is 3.98. The van der Waals surface area contributed by atoms with E-state index in [-0.39, 0.29) is 5.41 Å². The normalized spacial score (nSPS) is 13.0. The van der Waals surface area contributed by atoms with Crippen LogP contribution in [0.15, 0.2) is 223 Å². The Labute approximate surface area is 371 Å². The van der Waals surface area contributed by atoms with E-state index in [1.807, 2.05) is 0 Å². The van der Waals surface area contributed by atoms with Crippen LogP contribution in [0, 0.1) is 0 Å². The molecule has 0 saturated heterocycles. The number of anilines is 3. The first kappa shape index (κ1) is 36.5. The third-order valence-corrected chi connectivity index (χ3v) is 13.8. The van der Waals surface area contributed by atoms with Crippen molar-refractivity contribution in [3.63, 3.8) is 0 Å². The lowest BCUT2D eigenvalue weighted by Gasteiger charge is -2.30. The summed E-state index contributed by atoms with van der Waals surface area (Å²) in [6, 6.07) is 79.7. The van der Waals surface area contributed by atoms with Crippen LogP contribution in [0.4, 0.5) is 17.1 Å². The molecule has 1 aliphatic rings. The largest absolute Gasteiger partial charge is 0.455 e. The molecule has 0 amide bonds. The summed E-state index contributed by atoms with van der Waals surface area (Å²) in [6.45, 7) is 4.73. The molecule has 0 N–H and O–H groups in total. The van der Waals surface area contributed by atoms with Gasteiger partial charge >= 0.3 is 0 Å². The Hall–Kier alpha value is -8.14. The summed E-state index contributed by atoms with van der Waals surface area (Å²) in [7, 11) is 0. The van der Waals surface area contributed by atoms with E-state index in [2.05, 4.69) is 242 Å². The van der Waals surface area contributed by atoms with E-state index in [1.165, 1.54) is 60.6 Å². The first-order valence-electron chi connectivity index (χ1n) is 22.2. The summed E-state index contributed by atoms with van der Waals surface area (Å²) in [5.41, 5.74) is 18.5. The standard InChI is InChI=1S/C61H42N2O/c1-61(2)52-24-9-5-19-46(52)49-23-15-22-44(59(49)61)40-30-34-42(35-31-40)62(56-28-13-14-29-57(56)63-54-26-11-7-20-47(54)48-21-8-12-27-55(48)63)53-25-10-6-17-43(53)41-33-37-58-51(38-41)50-36-32-39-16-3-4-18-45(39)60(50)64-58/h3-38H,1-2H3. The van der Waals surface area contributed by atoms with Crippen molar-refractivity contribution in [1.29, 1.82) is 0 Å². The van der Waals surface area contributed by atoms with Crippen molar-refractivity contribution in [2.75, 3.05) is 4.90 Å². The molecule has 0 bridgehead atoms. The Morgan fingerprint density at radius 1 is 0.422 bits per heavy atom. The summed E-state index contributed by atoms with van der Waals surface area (Å²) >= 11 is 0. The highest BCUT2D eigenvalue weighted by Crippen LogP contribution is 2.53. The molecule has 302 valence electrons. The molecule has 13 rings (SSSR count). The van der Waals surface area contributed by atoms with E-state index >= 15 is 0 Å². The number of para-hydroxylation sites is 5. The van der Waals surface area contributed by atoms with Gasteiger partial charge in [-0.2, -0.15) is 0 Å². The van der Waals surface area contributed by atoms with Gasteiger partial charge in [-0.15, -0.1) is 0 Å².